The van der Waals surface area contributed by atoms with Crippen LogP contribution in [0.1, 0.15) is 37.8 Å². The second-order valence-electron chi connectivity index (χ2n) is 6.23. The van der Waals surface area contributed by atoms with Crippen LogP contribution in [-0.4, -0.2) is 44.2 Å². The molecule has 0 spiro atoms. The molecule has 0 aromatic heterocycles. The second kappa shape index (κ2) is 6.15. The number of hydrogen-bond donors (Lipinski definition) is 1. The highest BCUT2D eigenvalue weighted by molar-refractivity contribution is 5.48. The molecule has 2 saturated heterocycles. The van der Waals surface area contributed by atoms with Gasteiger partial charge in [0.05, 0.1) is 0 Å². The Bertz CT molecular complexity index is 428. The number of anilines is 1. The van der Waals surface area contributed by atoms with Crippen LogP contribution in [0.2, 0.25) is 0 Å². The van der Waals surface area contributed by atoms with Crippen LogP contribution in [0.25, 0.3) is 0 Å². The number of hydrogen-bond acceptors (Lipinski definition) is 3. The number of nitrogens with one attached hydrogen (secondary N) is 1. The summed E-state index contributed by atoms with van der Waals surface area (Å²) in [6.07, 6.45) is 4.19. The molecule has 3 rings (SSSR count). The van der Waals surface area contributed by atoms with Crippen LogP contribution in [-0.2, 0) is 0 Å². The van der Waals surface area contributed by atoms with Crippen molar-refractivity contribution in [2.75, 3.05) is 38.1 Å². The second-order valence-corrected chi connectivity index (χ2v) is 6.23. The molecule has 1 N–H and O–H groups in total. The molecule has 2 aliphatic heterocycles. The Balaban J connectivity index is 1.67. The fourth-order valence-corrected chi connectivity index (χ4v) is 3.53. The van der Waals surface area contributed by atoms with E-state index < -0.39 is 0 Å². The van der Waals surface area contributed by atoms with Gasteiger partial charge in [-0.25, -0.2) is 0 Å². The minimum absolute atomic E-state index is 0.430. The monoisotopic (exact) mass is 273 g/mol. The van der Waals surface area contributed by atoms with Crippen molar-refractivity contribution in [1.29, 1.82) is 0 Å². The van der Waals surface area contributed by atoms with Crippen LogP contribution in [0.15, 0.2) is 24.3 Å². The van der Waals surface area contributed by atoms with E-state index >= 15 is 0 Å². The average Bonchev–Trinajstić information content (AvgIpc) is 2.54. The third-order valence-corrected chi connectivity index (χ3v) is 5.03. The van der Waals surface area contributed by atoms with Crippen LogP contribution in [0.4, 0.5) is 5.69 Å². The maximum atomic E-state index is 3.30. The predicted molar refractivity (Wildman–Crippen MR) is 85.3 cm³/mol. The molecule has 1 aromatic rings. The first kappa shape index (κ1) is 13.9. The molecule has 2 unspecified atom stereocenters. The van der Waals surface area contributed by atoms with Gasteiger partial charge in [0.1, 0.15) is 0 Å². The van der Waals surface area contributed by atoms with Gasteiger partial charge in [-0.1, -0.05) is 18.6 Å². The van der Waals surface area contributed by atoms with Gasteiger partial charge < -0.3 is 10.2 Å². The molecular weight excluding hydrogens is 246 g/mol. The van der Waals surface area contributed by atoms with E-state index in [1.807, 2.05) is 7.05 Å². The first-order valence-corrected chi connectivity index (χ1v) is 8.04. The van der Waals surface area contributed by atoms with Crippen molar-refractivity contribution in [3.63, 3.8) is 0 Å². The molecule has 1 aromatic carbocycles. The molecule has 110 valence electrons. The molecule has 3 heteroatoms. The van der Waals surface area contributed by atoms with Crippen molar-refractivity contribution >= 4 is 5.69 Å². The molecule has 0 amide bonds. The summed E-state index contributed by atoms with van der Waals surface area (Å²) in [6, 6.07) is 10.3. The van der Waals surface area contributed by atoms with Gasteiger partial charge in [0.25, 0.3) is 0 Å². The van der Waals surface area contributed by atoms with E-state index in [-0.39, 0.29) is 0 Å². The zero-order valence-electron chi connectivity index (χ0n) is 12.8. The lowest BCUT2D eigenvalue weighted by Gasteiger charge is -2.45. The van der Waals surface area contributed by atoms with Gasteiger partial charge in [-0.15, -0.1) is 0 Å². The molecule has 3 nitrogen and oxygen atoms in total. The summed E-state index contributed by atoms with van der Waals surface area (Å²) in [5, 5.41) is 3.30. The highest BCUT2D eigenvalue weighted by Crippen LogP contribution is 2.26. The average molecular weight is 273 g/mol. The zero-order valence-corrected chi connectivity index (χ0v) is 12.8. The predicted octanol–water partition coefficient (Wildman–Crippen LogP) is 2.64. The third-order valence-electron chi connectivity index (χ3n) is 5.03. The van der Waals surface area contributed by atoms with E-state index in [2.05, 4.69) is 46.3 Å². The first-order chi connectivity index (χ1) is 9.78. The number of piperazine rings is 1. The molecule has 2 heterocycles. The van der Waals surface area contributed by atoms with Gasteiger partial charge in [-0.05, 0) is 51.1 Å². The lowest BCUT2D eigenvalue weighted by molar-refractivity contribution is 0.133. The Morgan fingerprint density at radius 3 is 2.65 bits per heavy atom. The first-order valence-electron chi connectivity index (χ1n) is 8.04. The van der Waals surface area contributed by atoms with E-state index in [0.717, 1.165) is 6.04 Å². The fourth-order valence-electron chi connectivity index (χ4n) is 3.53. The molecule has 0 saturated carbocycles. The smallest absolute Gasteiger partial charge is 0.0367 e. The largest absolute Gasteiger partial charge is 0.369 e. The standard InChI is InChI=1S/C17H27N3/c1-14(18-2)15-6-8-16(9-7-15)20-12-11-19-10-4-3-5-17(19)13-20/h6-9,14,17-18H,3-5,10-13H2,1-2H3. The number of rotatable bonds is 3. The normalized spacial score (nSPS) is 25.3. The number of benzene rings is 1. The SMILES string of the molecule is CNC(C)c1ccc(N2CCN3CCCCC3C2)cc1. The Hall–Kier alpha value is -1.06. The van der Waals surface area contributed by atoms with Crippen molar-refractivity contribution in [3.8, 4) is 0 Å². The topological polar surface area (TPSA) is 18.5 Å². The Morgan fingerprint density at radius 2 is 1.90 bits per heavy atom. The van der Waals surface area contributed by atoms with Crippen molar-refractivity contribution in [3.05, 3.63) is 29.8 Å². The van der Waals surface area contributed by atoms with Crippen molar-refractivity contribution in [2.24, 2.45) is 0 Å². The molecular formula is C17H27N3. The van der Waals surface area contributed by atoms with Gasteiger partial charge in [0.2, 0.25) is 0 Å². The van der Waals surface area contributed by atoms with Crippen LogP contribution in [0, 0.1) is 0 Å². The highest BCUT2D eigenvalue weighted by atomic mass is 15.3. The summed E-state index contributed by atoms with van der Waals surface area (Å²) >= 11 is 0. The third kappa shape index (κ3) is 2.84. The van der Waals surface area contributed by atoms with E-state index in [1.54, 1.807) is 0 Å². The minimum Gasteiger partial charge on any atom is -0.369 e. The fraction of sp³-hybridized carbons (Fsp3) is 0.647. The summed E-state index contributed by atoms with van der Waals surface area (Å²) in [5.74, 6) is 0. The van der Waals surface area contributed by atoms with Gasteiger partial charge in [0, 0.05) is 37.4 Å². The lowest BCUT2D eigenvalue weighted by Crippen LogP contribution is -2.54. The van der Waals surface area contributed by atoms with Crippen molar-refractivity contribution in [2.45, 2.75) is 38.3 Å². The molecule has 0 bridgehead atoms. The van der Waals surface area contributed by atoms with Crippen LogP contribution >= 0.6 is 0 Å². The molecule has 0 radical (unpaired) electrons. The van der Waals surface area contributed by atoms with Gasteiger partial charge in [-0.3, -0.25) is 4.90 Å². The summed E-state index contributed by atoms with van der Waals surface area (Å²) < 4.78 is 0. The Labute approximate surface area is 123 Å². The number of nitrogens with zero attached hydrogens (tertiary/aromatic N) is 2. The van der Waals surface area contributed by atoms with Gasteiger partial charge in [-0.2, -0.15) is 0 Å². The summed E-state index contributed by atoms with van der Waals surface area (Å²) in [6.45, 7) is 7.14. The van der Waals surface area contributed by atoms with E-state index in [0.29, 0.717) is 6.04 Å². The minimum atomic E-state index is 0.430. The Morgan fingerprint density at radius 1 is 1.10 bits per heavy atom. The van der Waals surface area contributed by atoms with Gasteiger partial charge in [0.15, 0.2) is 0 Å². The van der Waals surface area contributed by atoms with Crippen LogP contribution in [0.5, 0.6) is 0 Å². The number of fused-ring (bicyclic) bond motifs is 1. The molecule has 0 aliphatic carbocycles. The highest BCUT2D eigenvalue weighted by Gasteiger charge is 2.28. The van der Waals surface area contributed by atoms with Gasteiger partial charge >= 0.3 is 0 Å². The summed E-state index contributed by atoms with van der Waals surface area (Å²) in [7, 11) is 2.01. The quantitative estimate of drug-likeness (QED) is 0.913. The van der Waals surface area contributed by atoms with E-state index in [4.69, 9.17) is 0 Å². The van der Waals surface area contributed by atoms with Crippen molar-refractivity contribution in [1.82, 2.24) is 10.2 Å². The van der Waals surface area contributed by atoms with Crippen LogP contribution < -0.4 is 10.2 Å². The molecule has 2 atom stereocenters. The molecule has 2 fully saturated rings. The molecule has 20 heavy (non-hydrogen) atoms. The van der Waals surface area contributed by atoms with E-state index in [1.165, 1.54) is 56.7 Å². The number of piperidine rings is 1. The maximum absolute atomic E-state index is 3.30. The van der Waals surface area contributed by atoms with E-state index in [9.17, 15) is 0 Å². The van der Waals surface area contributed by atoms with Crippen molar-refractivity contribution < 1.29 is 0 Å². The maximum Gasteiger partial charge on any atom is 0.0367 e. The summed E-state index contributed by atoms with van der Waals surface area (Å²) in [4.78, 5) is 5.26. The molecule has 2 aliphatic rings. The summed E-state index contributed by atoms with van der Waals surface area (Å²) in [5.41, 5.74) is 2.76. The lowest BCUT2D eigenvalue weighted by atomic mass is 9.99. The zero-order chi connectivity index (χ0) is 13.9. The Kier molecular flexibility index (Phi) is 4.27. The van der Waals surface area contributed by atoms with Crippen LogP contribution in [0.3, 0.4) is 0 Å².